The number of anilines is 1. The molecule has 1 amide bonds. The molecule has 9 heteroatoms. The van der Waals surface area contributed by atoms with Crippen molar-refractivity contribution in [1.82, 2.24) is 9.88 Å². The molecule has 1 aromatic heterocycles. The first-order valence-electron chi connectivity index (χ1n) is 8.49. The minimum atomic E-state index is -0.498. The monoisotopic (exact) mass is 409 g/mol. The molecule has 0 aliphatic carbocycles. The smallest absolute Gasteiger partial charge is 0.236 e. The molecule has 144 valence electrons. The van der Waals surface area contributed by atoms with Gasteiger partial charge in [-0.05, 0) is 19.1 Å². The van der Waals surface area contributed by atoms with Crippen molar-refractivity contribution in [2.24, 2.45) is 0 Å². The third kappa shape index (κ3) is 5.83. The zero-order valence-corrected chi connectivity index (χ0v) is 16.5. The van der Waals surface area contributed by atoms with Gasteiger partial charge in [-0.3, -0.25) is 14.5 Å². The molecule has 27 heavy (non-hydrogen) atoms. The van der Waals surface area contributed by atoms with E-state index in [4.69, 9.17) is 4.74 Å². The molecule has 2 heterocycles. The fourth-order valence-corrected chi connectivity index (χ4v) is 4.00. The zero-order chi connectivity index (χ0) is 19.2. The molecule has 1 aliphatic heterocycles. The predicted molar refractivity (Wildman–Crippen MR) is 104 cm³/mol. The van der Waals surface area contributed by atoms with Crippen molar-refractivity contribution in [3.63, 3.8) is 0 Å². The number of hydrogen-bond acceptors (Lipinski definition) is 7. The van der Waals surface area contributed by atoms with Gasteiger partial charge in [0.15, 0.2) is 10.9 Å². The number of halogens is 1. The molecule has 1 aliphatic rings. The lowest BCUT2D eigenvalue weighted by atomic mass is 10.1. The summed E-state index contributed by atoms with van der Waals surface area (Å²) in [5, 5.41) is 5.21. The number of benzene rings is 1. The Morgan fingerprint density at radius 3 is 2.85 bits per heavy atom. The molecule has 1 aromatic carbocycles. The van der Waals surface area contributed by atoms with Gasteiger partial charge in [-0.15, -0.1) is 23.1 Å². The number of ether oxygens (including phenoxy) is 1. The van der Waals surface area contributed by atoms with Crippen LogP contribution in [0, 0.1) is 5.82 Å². The average Bonchev–Trinajstić information content (AvgIpc) is 3.08. The number of amides is 1. The number of thioether (sulfide) groups is 1. The lowest BCUT2D eigenvalue weighted by Crippen LogP contribution is -2.35. The number of thiazole rings is 1. The molecule has 0 atom stereocenters. The maximum Gasteiger partial charge on any atom is 0.236 e. The lowest BCUT2D eigenvalue weighted by Gasteiger charge is -2.25. The maximum absolute atomic E-state index is 14.0. The second-order valence-corrected chi connectivity index (χ2v) is 7.95. The highest BCUT2D eigenvalue weighted by Crippen LogP contribution is 2.24. The molecule has 1 fully saturated rings. The first kappa shape index (κ1) is 19.9. The number of Topliss-reactive ketones (excluding diaryl/α,β-unsaturated/α-hetero) is 1. The maximum atomic E-state index is 14.0. The summed E-state index contributed by atoms with van der Waals surface area (Å²) < 4.78 is 19.3. The van der Waals surface area contributed by atoms with Gasteiger partial charge in [-0.1, -0.05) is 6.07 Å². The number of rotatable bonds is 7. The van der Waals surface area contributed by atoms with Gasteiger partial charge in [0, 0.05) is 35.5 Å². The molecule has 0 saturated carbocycles. The first-order valence-corrected chi connectivity index (χ1v) is 10.4. The van der Waals surface area contributed by atoms with Crippen LogP contribution in [0.3, 0.4) is 0 Å². The SMILES string of the molecule is CC(=O)c1ccc(SCC(=O)Nc2nc(CN3CCOCC3)cs2)c(F)c1. The van der Waals surface area contributed by atoms with Crippen molar-refractivity contribution < 1.29 is 18.7 Å². The average molecular weight is 410 g/mol. The van der Waals surface area contributed by atoms with Crippen LogP contribution < -0.4 is 5.32 Å². The lowest BCUT2D eigenvalue weighted by molar-refractivity contribution is -0.113. The Morgan fingerprint density at radius 2 is 2.15 bits per heavy atom. The van der Waals surface area contributed by atoms with Crippen molar-refractivity contribution in [3.8, 4) is 0 Å². The zero-order valence-electron chi connectivity index (χ0n) is 14.9. The Morgan fingerprint density at radius 1 is 1.37 bits per heavy atom. The summed E-state index contributed by atoms with van der Waals surface area (Å²) in [4.78, 5) is 30.4. The van der Waals surface area contributed by atoms with Crippen molar-refractivity contribution in [3.05, 3.63) is 40.7 Å². The Kier molecular flexibility index (Phi) is 6.95. The Balaban J connectivity index is 1.49. The number of aromatic nitrogens is 1. The number of carbonyl (C=O) groups excluding carboxylic acids is 2. The Bertz CT molecular complexity index is 822. The van der Waals surface area contributed by atoms with E-state index in [9.17, 15) is 14.0 Å². The van der Waals surface area contributed by atoms with Gasteiger partial charge >= 0.3 is 0 Å². The standard InChI is InChI=1S/C18H20FN3O3S2/c1-12(23)13-2-3-16(15(19)8-13)26-11-17(24)21-18-20-14(10-27-18)9-22-4-6-25-7-5-22/h2-3,8,10H,4-7,9,11H2,1H3,(H,20,21,24). The molecule has 1 N–H and O–H groups in total. The third-order valence-corrected chi connectivity index (χ3v) is 5.84. The van der Waals surface area contributed by atoms with Crippen molar-refractivity contribution in [1.29, 1.82) is 0 Å². The molecule has 2 aromatic rings. The highest BCUT2D eigenvalue weighted by atomic mass is 32.2. The number of ketones is 1. The summed E-state index contributed by atoms with van der Waals surface area (Å²) in [7, 11) is 0. The van der Waals surface area contributed by atoms with Gasteiger partial charge in [0.25, 0.3) is 0 Å². The van der Waals surface area contributed by atoms with Crippen LogP contribution in [0.25, 0.3) is 0 Å². The van der Waals surface area contributed by atoms with Crippen molar-refractivity contribution in [2.75, 3.05) is 37.4 Å². The van der Waals surface area contributed by atoms with Crippen LogP contribution in [0.5, 0.6) is 0 Å². The van der Waals surface area contributed by atoms with Crippen LogP contribution >= 0.6 is 23.1 Å². The molecule has 0 radical (unpaired) electrons. The molecule has 0 spiro atoms. The fourth-order valence-electron chi connectivity index (χ4n) is 2.56. The van der Waals surface area contributed by atoms with Crippen LogP contribution in [0.15, 0.2) is 28.5 Å². The van der Waals surface area contributed by atoms with E-state index in [2.05, 4.69) is 15.2 Å². The summed E-state index contributed by atoms with van der Waals surface area (Å²) >= 11 is 2.46. The number of hydrogen-bond donors (Lipinski definition) is 1. The number of nitrogens with one attached hydrogen (secondary N) is 1. The van der Waals surface area contributed by atoms with Gasteiger partial charge in [0.05, 0.1) is 24.7 Å². The summed E-state index contributed by atoms with van der Waals surface area (Å²) in [5.41, 5.74) is 1.23. The highest BCUT2D eigenvalue weighted by molar-refractivity contribution is 8.00. The predicted octanol–water partition coefficient (Wildman–Crippen LogP) is 3.05. The van der Waals surface area contributed by atoms with Crippen LogP contribution in [0.2, 0.25) is 0 Å². The fraction of sp³-hybridized carbons (Fsp3) is 0.389. The van der Waals surface area contributed by atoms with Gasteiger partial charge in [-0.25, -0.2) is 9.37 Å². The normalized spacial score (nSPS) is 14.9. The van der Waals surface area contributed by atoms with Gasteiger partial charge < -0.3 is 10.1 Å². The van der Waals surface area contributed by atoms with Crippen molar-refractivity contribution >= 4 is 39.9 Å². The quantitative estimate of drug-likeness (QED) is 0.560. The number of nitrogens with zero attached hydrogens (tertiary/aromatic N) is 2. The molecule has 1 saturated heterocycles. The molecule has 0 bridgehead atoms. The van der Waals surface area contributed by atoms with E-state index in [1.54, 1.807) is 6.07 Å². The van der Waals surface area contributed by atoms with Crippen molar-refractivity contribution in [2.45, 2.75) is 18.4 Å². The van der Waals surface area contributed by atoms with Gasteiger partial charge in [0.2, 0.25) is 5.91 Å². The van der Waals surface area contributed by atoms with E-state index in [1.165, 1.54) is 30.4 Å². The van der Waals surface area contributed by atoms with Crippen LogP contribution in [-0.4, -0.2) is 53.6 Å². The summed E-state index contributed by atoms with van der Waals surface area (Å²) in [6.07, 6.45) is 0. The summed E-state index contributed by atoms with van der Waals surface area (Å²) in [6.45, 7) is 5.34. The second kappa shape index (κ2) is 9.41. The second-order valence-electron chi connectivity index (χ2n) is 6.07. The Hall–Kier alpha value is -1.81. The summed E-state index contributed by atoms with van der Waals surface area (Å²) in [5.74, 6) is -0.876. The summed E-state index contributed by atoms with van der Waals surface area (Å²) in [6, 6.07) is 4.28. The largest absolute Gasteiger partial charge is 0.379 e. The van der Waals surface area contributed by atoms with Crippen LogP contribution in [0.1, 0.15) is 23.0 Å². The molecule has 6 nitrogen and oxygen atoms in total. The van der Waals surface area contributed by atoms with Gasteiger partial charge in [-0.2, -0.15) is 0 Å². The number of carbonyl (C=O) groups is 2. The number of morpholine rings is 1. The van der Waals surface area contributed by atoms with E-state index in [0.29, 0.717) is 15.6 Å². The van der Waals surface area contributed by atoms with Gasteiger partial charge in [0.1, 0.15) is 5.82 Å². The van der Waals surface area contributed by atoms with E-state index in [-0.39, 0.29) is 17.4 Å². The Labute approximate surface area is 165 Å². The van der Waals surface area contributed by atoms with Crippen LogP contribution in [0.4, 0.5) is 9.52 Å². The molecule has 0 unspecified atom stereocenters. The molecular formula is C18H20FN3O3S2. The molecular weight excluding hydrogens is 389 g/mol. The van der Waals surface area contributed by atoms with Crippen LogP contribution in [-0.2, 0) is 16.1 Å². The van der Waals surface area contributed by atoms with E-state index < -0.39 is 5.82 Å². The first-order chi connectivity index (χ1) is 13.0. The topological polar surface area (TPSA) is 71.5 Å². The highest BCUT2D eigenvalue weighted by Gasteiger charge is 2.14. The minimum Gasteiger partial charge on any atom is -0.379 e. The molecule has 3 rings (SSSR count). The van der Waals surface area contributed by atoms with E-state index in [1.807, 2.05) is 5.38 Å². The minimum absolute atomic E-state index is 0.0642. The van der Waals surface area contributed by atoms with E-state index in [0.717, 1.165) is 50.3 Å². The van der Waals surface area contributed by atoms with E-state index >= 15 is 0 Å². The third-order valence-electron chi connectivity index (χ3n) is 3.98.